The minimum atomic E-state index is -0.149. The molecule has 0 saturated heterocycles. The van der Waals surface area contributed by atoms with Gasteiger partial charge in [0.2, 0.25) is 23.6 Å². The van der Waals surface area contributed by atoms with Gasteiger partial charge in [-0.25, -0.2) is 0 Å². The van der Waals surface area contributed by atoms with E-state index in [1.165, 1.54) is 27.7 Å². The first-order valence-electron chi connectivity index (χ1n) is 16.3. The summed E-state index contributed by atoms with van der Waals surface area (Å²) in [6, 6.07) is 36.0. The Kier molecular flexibility index (Phi) is 79.6. The molecule has 3 aromatic rings. The molecule has 9 heteroatoms. The van der Waals surface area contributed by atoms with E-state index in [1.54, 1.807) is 0 Å². The Balaban J connectivity index is -0.0000000786. The van der Waals surface area contributed by atoms with Gasteiger partial charge < -0.3 is 27.0 Å². The second kappa shape index (κ2) is 64.4. The van der Waals surface area contributed by atoms with E-state index >= 15 is 0 Å². The highest BCUT2D eigenvalue weighted by Crippen LogP contribution is 1.81. The molecule has 3 rings (SSSR count). The first-order chi connectivity index (χ1) is 22.7. The molecule has 0 aliphatic rings. The van der Waals surface area contributed by atoms with E-state index < -0.39 is 0 Å². The van der Waals surface area contributed by atoms with Crippen molar-refractivity contribution in [1.29, 1.82) is 0 Å². The number of amides is 4. The van der Waals surface area contributed by atoms with Crippen molar-refractivity contribution in [3.63, 3.8) is 0 Å². The highest BCUT2D eigenvalue weighted by molar-refractivity contribution is 5.75. The van der Waals surface area contributed by atoms with E-state index in [2.05, 4.69) is 21.3 Å². The molecule has 0 saturated carbocycles. The molecule has 0 unspecified atom stereocenters. The van der Waals surface area contributed by atoms with Crippen LogP contribution in [0.1, 0.15) is 90.0 Å². The van der Waals surface area contributed by atoms with Crippen molar-refractivity contribution >= 4 is 23.6 Å². The van der Waals surface area contributed by atoms with Crippen LogP contribution < -0.4 is 27.0 Å². The molecule has 270 valence electrons. The van der Waals surface area contributed by atoms with Gasteiger partial charge in [-0.2, -0.15) is 0 Å². The topological polar surface area (TPSA) is 142 Å². The van der Waals surface area contributed by atoms with Gasteiger partial charge in [0.05, 0.1) is 13.3 Å². The number of rotatable bonds is 4. The molecule has 0 spiro atoms. The third kappa shape index (κ3) is 99.6. The summed E-state index contributed by atoms with van der Waals surface area (Å²) in [5, 5.41) is 9.73. The lowest BCUT2D eigenvalue weighted by Crippen LogP contribution is -2.34. The maximum Gasteiger partial charge on any atom is 0.218 e. The van der Waals surface area contributed by atoms with E-state index in [0.717, 1.165) is 6.54 Å². The van der Waals surface area contributed by atoms with E-state index in [9.17, 15) is 19.2 Å². The number of carbonyl (C=O) groups is 4. The Morgan fingerprint density at radius 2 is 0.553 bits per heavy atom. The Labute approximate surface area is 288 Å². The fourth-order valence-electron chi connectivity index (χ4n) is 1.84. The molecule has 9 nitrogen and oxygen atoms in total. The van der Waals surface area contributed by atoms with Gasteiger partial charge in [-0.15, -0.1) is 0 Å². The monoisotopic (exact) mass is 660 g/mol. The number of benzene rings is 3. The quantitative estimate of drug-likeness (QED) is 0.184. The number of hydrogen-bond acceptors (Lipinski definition) is 5. The van der Waals surface area contributed by atoms with Crippen LogP contribution in [0.2, 0.25) is 0 Å². The van der Waals surface area contributed by atoms with Crippen LogP contribution in [-0.2, 0) is 19.2 Å². The zero-order chi connectivity index (χ0) is 38.0. The summed E-state index contributed by atoms with van der Waals surface area (Å²) in [4.78, 5) is 40.1. The number of nitrogens with two attached hydrogens (primary N) is 1. The standard InChI is InChI=1S/3C6H6.C5H10N2O2.C4H9NO.C3H8N2O.4C2H6/c3*1-2-4-6-5-3-1;1-4(8)6-3-7-5(2)9;1-3-5-4(2)6;1-3(6)5-2-4;4*1-2/h3*1-6H;3H2,1-2H3,(H,6,8)(H,7,9);3H2,1-2H3,(H,5,6);2,4H2,1H3,(H,5,6);4*1-2H3. The lowest BCUT2D eigenvalue weighted by atomic mass is 10.4. The van der Waals surface area contributed by atoms with Crippen molar-refractivity contribution in [3.05, 3.63) is 109 Å². The molecule has 0 aromatic heterocycles. The first-order valence-corrected chi connectivity index (χ1v) is 16.3. The summed E-state index contributed by atoms with van der Waals surface area (Å²) < 4.78 is 0. The molecule has 0 atom stereocenters. The van der Waals surface area contributed by atoms with Crippen molar-refractivity contribution < 1.29 is 19.2 Å². The van der Waals surface area contributed by atoms with Crippen molar-refractivity contribution in [3.8, 4) is 0 Å². The van der Waals surface area contributed by atoms with Crippen molar-refractivity contribution in [2.45, 2.75) is 90.0 Å². The highest BCUT2D eigenvalue weighted by Gasteiger charge is 1.89. The Morgan fingerprint density at radius 3 is 0.617 bits per heavy atom. The fourth-order valence-corrected chi connectivity index (χ4v) is 1.84. The molecule has 0 heterocycles. The van der Waals surface area contributed by atoms with Crippen molar-refractivity contribution in [2.75, 3.05) is 19.9 Å². The summed E-state index contributed by atoms with van der Waals surface area (Å²) >= 11 is 0. The van der Waals surface area contributed by atoms with Crippen LogP contribution in [0, 0.1) is 0 Å². The first kappa shape index (κ1) is 58.1. The molecule has 6 N–H and O–H groups in total. The number of hydrogen-bond donors (Lipinski definition) is 5. The number of carbonyl (C=O) groups excluding carboxylic acids is 4. The van der Waals surface area contributed by atoms with E-state index in [4.69, 9.17) is 5.73 Å². The van der Waals surface area contributed by atoms with E-state index in [-0.39, 0.29) is 37.0 Å². The summed E-state index contributed by atoms with van der Waals surface area (Å²) in [5.74, 6) is -0.345. The second-order valence-electron chi connectivity index (χ2n) is 7.13. The van der Waals surface area contributed by atoms with Crippen LogP contribution in [-0.4, -0.2) is 43.5 Å². The van der Waals surface area contributed by atoms with Gasteiger partial charge in [-0.3, -0.25) is 19.2 Å². The maximum atomic E-state index is 10.2. The van der Waals surface area contributed by atoms with Gasteiger partial charge >= 0.3 is 0 Å². The molecule has 0 aliphatic carbocycles. The molecule has 0 radical (unpaired) electrons. The summed E-state index contributed by atoms with van der Waals surface area (Å²) in [5.41, 5.74) is 4.90. The average molecular weight is 660 g/mol. The minimum absolute atomic E-state index is 0.0394. The molecule has 0 aliphatic heterocycles. The Morgan fingerprint density at radius 1 is 0.383 bits per heavy atom. The van der Waals surface area contributed by atoms with Crippen LogP contribution in [0.25, 0.3) is 0 Å². The molecule has 47 heavy (non-hydrogen) atoms. The van der Waals surface area contributed by atoms with Gasteiger partial charge in [-0.05, 0) is 6.92 Å². The normalized spacial score (nSPS) is 7.11. The largest absolute Gasteiger partial charge is 0.357 e. The van der Waals surface area contributed by atoms with Crippen LogP contribution in [0.4, 0.5) is 0 Å². The van der Waals surface area contributed by atoms with Gasteiger partial charge in [0.15, 0.2) is 0 Å². The van der Waals surface area contributed by atoms with Gasteiger partial charge in [0.25, 0.3) is 0 Å². The third-order valence-electron chi connectivity index (χ3n) is 3.45. The molecular weight excluding hydrogens is 590 g/mol. The van der Waals surface area contributed by atoms with Crippen molar-refractivity contribution in [1.82, 2.24) is 21.3 Å². The summed E-state index contributed by atoms with van der Waals surface area (Å²) in [6.45, 7) is 24.8. The Bertz CT molecular complexity index is 746. The lowest BCUT2D eigenvalue weighted by Gasteiger charge is -2.00. The van der Waals surface area contributed by atoms with Crippen molar-refractivity contribution in [2.24, 2.45) is 5.73 Å². The van der Waals surface area contributed by atoms with Crippen LogP contribution in [0.5, 0.6) is 0 Å². The zero-order valence-electron chi connectivity index (χ0n) is 31.7. The van der Waals surface area contributed by atoms with Crippen LogP contribution in [0.3, 0.4) is 0 Å². The smallest absolute Gasteiger partial charge is 0.218 e. The molecular formula is C38H69N5O4. The van der Waals surface area contributed by atoms with Crippen LogP contribution >= 0.6 is 0 Å². The maximum absolute atomic E-state index is 10.2. The van der Waals surface area contributed by atoms with Gasteiger partial charge in [-0.1, -0.05) is 165 Å². The van der Waals surface area contributed by atoms with Crippen LogP contribution in [0.15, 0.2) is 109 Å². The molecule has 4 amide bonds. The third-order valence-corrected chi connectivity index (χ3v) is 3.45. The minimum Gasteiger partial charge on any atom is -0.357 e. The zero-order valence-corrected chi connectivity index (χ0v) is 31.7. The second-order valence-corrected chi connectivity index (χ2v) is 7.13. The van der Waals surface area contributed by atoms with E-state index in [1.807, 2.05) is 172 Å². The predicted molar refractivity (Wildman–Crippen MR) is 204 cm³/mol. The average Bonchev–Trinajstić information content (AvgIpc) is 3.12. The number of nitrogens with one attached hydrogen (secondary N) is 4. The lowest BCUT2D eigenvalue weighted by molar-refractivity contribution is -0.121. The fraction of sp³-hybridized carbons (Fsp3) is 0.421. The summed E-state index contributed by atoms with van der Waals surface area (Å²) in [7, 11) is 0. The predicted octanol–water partition coefficient (Wildman–Crippen LogP) is 7.56. The van der Waals surface area contributed by atoms with Gasteiger partial charge in [0, 0.05) is 34.2 Å². The molecule has 0 bridgehead atoms. The highest BCUT2D eigenvalue weighted by atomic mass is 16.2. The SMILES string of the molecule is CC.CC.CC.CC.CC(=O)NCN.CC(=O)NCNC(C)=O.CCNC(C)=O.c1ccccc1.c1ccccc1.c1ccccc1. The summed E-state index contributed by atoms with van der Waals surface area (Å²) in [6.07, 6.45) is 0. The molecule has 0 fully saturated rings. The van der Waals surface area contributed by atoms with Gasteiger partial charge in [0.1, 0.15) is 0 Å². The Hall–Kier alpha value is -4.50. The van der Waals surface area contributed by atoms with E-state index in [0.29, 0.717) is 0 Å². The molecule has 3 aromatic carbocycles.